The first-order valence-electron chi connectivity index (χ1n) is 6.24. The van der Waals surface area contributed by atoms with Crippen LogP contribution < -0.4 is 5.32 Å². The molecule has 1 fully saturated rings. The number of hydrogen-bond acceptors (Lipinski definition) is 1. The lowest BCUT2D eigenvalue weighted by Gasteiger charge is -2.23. The molecule has 1 aliphatic heterocycles. The van der Waals surface area contributed by atoms with Crippen molar-refractivity contribution < 1.29 is 8.78 Å². The third-order valence-corrected chi connectivity index (χ3v) is 3.77. The van der Waals surface area contributed by atoms with Crippen molar-refractivity contribution in [2.24, 2.45) is 5.92 Å². The largest absolute Gasteiger partial charge is 0.317 e. The van der Waals surface area contributed by atoms with Gasteiger partial charge in [0.1, 0.15) is 11.6 Å². The highest BCUT2D eigenvalue weighted by Gasteiger charge is 2.18. The van der Waals surface area contributed by atoms with E-state index in [0.29, 0.717) is 11.5 Å². The molecule has 0 unspecified atom stereocenters. The smallest absolute Gasteiger partial charge is 0.132 e. The van der Waals surface area contributed by atoms with Crippen LogP contribution in [0.3, 0.4) is 0 Å². The molecule has 0 atom stereocenters. The fraction of sp³-hybridized carbons (Fsp3) is 0.571. The van der Waals surface area contributed by atoms with Gasteiger partial charge in [-0.15, -0.1) is 0 Å². The highest BCUT2D eigenvalue weighted by molar-refractivity contribution is 5.33. The summed E-state index contributed by atoms with van der Waals surface area (Å²) in [5.74, 6) is -0.248. The van der Waals surface area contributed by atoms with Crippen LogP contribution in [0.4, 0.5) is 8.78 Å². The van der Waals surface area contributed by atoms with Crippen LogP contribution in [0.25, 0.3) is 0 Å². The first-order chi connectivity index (χ1) is 8.09. The maximum atomic E-state index is 13.8. The molecule has 2 rings (SSSR count). The minimum absolute atomic E-state index is 0.136. The predicted octanol–water partition coefficient (Wildman–Crippen LogP) is 3.12. The Hall–Kier alpha value is -0.960. The van der Waals surface area contributed by atoms with Gasteiger partial charge in [-0.05, 0) is 69.3 Å². The van der Waals surface area contributed by atoms with Gasteiger partial charge in [0.05, 0.1) is 0 Å². The quantitative estimate of drug-likeness (QED) is 0.836. The van der Waals surface area contributed by atoms with Crippen molar-refractivity contribution in [3.8, 4) is 0 Å². The molecule has 0 aliphatic carbocycles. The average molecular weight is 239 g/mol. The van der Waals surface area contributed by atoms with Crippen LogP contribution in [0.2, 0.25) is 0 Å². The summed E-state index contributed by atoms with van der Waals surface area (Å²) in [6.45, 7) is 5.27. The molecule has 1 nitrogen and oxygen atoms in total. The lowest BCUT2D eigenvalue weighted by Crippen LogP contribution is -2.28. The minimum Gasteiger partial charge on any atom is -0.317 e. The van der Waals surface area contributed by atoms with Crippen LogP contribution >= 0.6 is 0 Å². The molecule has 0 radical (unpaired) electrons. The predicted molar refractivity (Wildman–Crippen MR) is 65.1 cm³/mol. The molecule has 0 spiro atoms. The molecular formula is C14H19F2N. The van der Waals surface area contributed by atoms with Crippen molar-refractivity contribution in [2.45, 2.75) is 33.1 Å². The van der Waals surface area contributed by atoms with Gasteiger partial charge < -0.3 is 5.32 Å². The standard InChI is InChI=1S/C14H19F2N/c1-9-12(7-11-3-5-17-6-4-11)8-13(15)10(2)14(9)16/h8,11,17H,3-7H2,1-2H3. The summed E-state index contributed by atoms with van der Waals surface area (Å²) in [7, 11) is 0. The van der Waals surface area contributed by atoms with E-state index < -0.39 is 5.82 Å². The molecule has 3 heteroatoms. The zero-order valence-electron chi connectivity index (χ0n) is 10.4. The molecule has 1 aromatic rings. The van der Waals surface area contributed by atoms with Crippen molar-refractivity contribution in [2.75, 3.05) is 13.1 Å². The lowest BCUT2D eigenvalue weighted by molar-refractivity contribution is 0.371. The second-order valence-electron chi connectivity index (χ2n) is 4.98. The van der Waals surface area contributed by atoms with Crippen LogP contribution in [0.1, 0.15) is 29.5 Å². The summed E-state index contributed by atoms with van der Waals surface area (Å²) in [6.07, 6.45) is 2.98. The Balaban J connectivity index is 2.20. The number of benzene rings is 1. The number of hydrogen-bond donors (Lipinski definition) is 1. The molecule has 0 bridgehead atoms. The topological polar surface area (TPSA) is 12.0 Å². The van der Waals surface area contributed by atoms with E-state index in [1.54, 1.807) is 6.92 Å². The van der Waals surface area contributed by atoms with E-state index in [2.05, 4.69) is 5.32 Å². The zero-order chi connectivity index (χ0) is 12.4. The fourth-order valence-corrected chi connectivity index (χ4v) is 2.51. The molecule has 1 aliphatic rings. The average Bonchev–Trinajstić information content (AvgIpc) is 2.35. The minimum atomic E-state index is -0.419. The molecule has 17 heavy (non-hydrogen) atoms. The van der Waals surface area contributed by atoms with E-state index in [9.17, 15) is 8.78 Å². The van der Waals surface area contributed by atoms with Crippen molar-refractivity contribution >= 4 is 0 Å². The third-order valence-electron chi connectivity index (χ3n) is 3.77. The van der Waals surface area contributed by atoms with Gasteiger partial charge in [0.2, 0.25) is 0 Å². The molecule has 1 aromatic carbocycles. The van der Waals surface area contributed by atoms with Gasteiger partial charge >= 0.3 is 0 Å². The Kier molecular flexibility index (Phi) is 3.77. The lowest BCUT2D eigenvalue weighted by atomic mass is 9.88. The molecule has 94 valence electrons. The summed E-state index contributed by atoms with van der Waals surface area (Å²) in [5, 5.41) is 3.30. The van der Waals surface area contributed by atoms with Crippen LogP contribution in [-0.2, 0) is 6.42 Å². The van der Waals surface area contributed by atoms with Crippen molar-refractivity contribution in [1.29, 1.82) is 0 Å². The van der Waals surface area contributed by atoms with E-state index in [1.807, 2.05) is 0 Å². The summed E-state index contributed by atoms with van der Waals surface area (Å²) < 4.78 is 27.3. The van der Waals surface area contributed by atoms with E-state index >= 15 is 0 Å². The highest BCUT2D eigenvalue weighted by atomic mass is 19.1. The number of halogens is 2. The maximum Gasteiger partial charge on any atom is 0.132 e. The number of nitrogens with one attached hydrogen (secondary N) is 1. The Morgan fingerprint density at radius 1 is 1.18 bits per heavy atom. The van der Waals surface area contributed by atoms with E-state index in [1.165, 1.54) is 13.0 Å². The molecule has 0 saturated carbocycles. The Bertz CT molecular complexity index is 409. The summed E-state index contributed by atoms with van der Waals surface area (Å²) in [5.41, 5.74) is 1.58. The highest BCUT2D eigenvalue weighted by Crippen LogP contribution is 2.25. The first-order valence-corrected chi connectivity index (χ1v) is 6.24. The van der Waals surface area contributed by atoms with Crippen LogP contribution in [0.15, 0.2) is 6.07 Å². The summed E-state index contributed by atoms with van der Waals surface area (Å²) in [4.78, 5) is 0. The summed E-state index contributed by atoms with van der Waals surface area (Å²) in [6, 6.07) is 1.51. The van der Waals surface area contributed by atoms with Crippen LogP contribution in [0.5, 0.6) is 0 Å². The fourth-order valence-electron chi connectivity index (χ4n) is 2.51. The van der Waals surface area contributed by atoms with E-state index in [-0.39, 0.29) is 11.4 Å². The van der Waals surface area contributed by atoms with Crippen molar-refractivity contribution in [1.82, 2.24) is 5.32 Å². The van der Waals surface area contributed by atoms with E-state index in [0.717, 1.165) is 37.9 Å². The first kappa shape index (κ1) is 12.5. The molecular weight excluding hydrogens is 220 g/mol. The third kappa shape index (κ3) is 2.65. The second-order valence-corrected chi connectivity index (χ2v) is 4.98. The number of rotatable bonds is 2. The van der Waals surface area contributed by atoms with Crippen LogP contribution in [0, 0.1) is 31.4 Å². The molecule has 0 aromatic heterocycles. The van der Waals surface area contributed by atoms with Gasteiger partial charge in [0, 0.05) is 5.56 Å². The maximum absolute atomic E-state index is 13.8. The van der Waals surface area contributed by atoms with E-state index in [4.69, 9.17) is 0 Å². The van der Waals surface area contributed by atoms with Crippen molar-refractivity contribution in [3.05, 3.63) is 34.4 Å². The Morgan fingerprint density at radius 3 is 2.47 bits per heavy atom. The normalized spacial score (nSPS) is 17.4. The molecule has 1 N–H and O–H groups in total. The molecule has 1 heterocycles. The molecule has 0 amide bonds. The van der Waals surface area contributed by atoms with Gasteiger partial charge in [0.25, 0.3) is 0 Å². The van der Waals surface area contributed by atoms with Crippen molar-refractivity contribution in [3.63, 3.8) is 0 Å². The Morgan fingerprint density at radius 2 is 1.82 bits per heavy atom. The van der Waals surface area contributed by atoms with Crippen LogP contribution in [-0.4, -0.2) is 13.1 Å². The van der Waals surface area contributed by atoms with Gasteiger partial charge in [-0.2, -0.15) is 0 Å². The van der Waals surface area contributed by atoms with Gasteiger partial charge in [-0.25, -0.2) is 8.78 Å². The summed E-state index contributed by atoms with van der Waals surface area (Å²) >= 11 is 0. The van der Waals surface area contributed by atoms with Gasteiger partial charge in [-0.3, -0.25) is 0 Å². The number of piperidine rings is 1. The monoisotopic (exact) mass is 239 g/mol. The van der Waals surface area contributed by atoms with Gasteiger partial charge in [-0.1, -0.05) is 0 Å². The Labute approximate surface area is 101 Å². The molecule has 1 saturated heterocycles. The SMILES string of the molecule is Cc1c(F)cc(CC2CCNCC2)c(C)c1F. The van der Waals surface area contributed by atoms with Gasteiger partial charge in [0.15, 0.2) is 0 Å². The zero-order valence-corrected chi connectivity index (χ0v) is 10.4. The second kappa shape index (κ2) is 5.13.